The molecule has 0 aromatic heterocycles. The van der Waals surface area contributed by atoms with Gasteiger partial charge in [-0.1, -0.05) is 18.2 Å². The lowest BCUT2D eigenvalue weighted by Crippen LogP contribution is -2.25. The van der Waals surface area contributed by atoms with E-state index >= 15 is 0 Å². The summed E-state index contributed by atoms with van der Waals surface area (Å²) in [5, 5.41) is 4.15. The number of anilines is 1. The van der Waals surface area contributed by atoms with E-state index < -0.39 is 0 Å². The molecule has 1 aliphatic heterocycles. The van der Waals surface area contributed by atoms with Crippen molar-refractivity contribution < 1.29 is 4.39 Å². The zero-order valence-electron chi connectivity index (χ0n) is 9.83. The number of hydrogen-bond donors (Lipinski definition) is 1. The van der Waals surface area contributed by atoms with E-state index in [2.05, 4.69) is 21.2 Å². The van der Waals surface area contributed by atoms with E-state index in [1.165, 1.54) is 31.4 Å². The summed E-state index contributed by atoms with van der Waals surface area (Å²) in [4.78, 5) is 4.74. The molecular weight excluding hydrogens is 315 g/mol. The topological polar surface area (TPSA) is 24.4 Å². The van der Waals surface area contributed by atoms with Crippen LogP contribution >= 0.6 is 27.7 Å². The van der Waals surface area contributed by atoms with Gasteiger partial charge in [-0.05, 0) is 52.9 Å². The molecule has 0 amide bonds. The summed E-state index contributed by atoms with van der Waals surface area (Å²) in [5.74, 6) is 1.64. The van der Waals surface area contributed by atoms with Crippen LogP contribution in [-0.4, -0.2) is 17.0 Å². The predicted octanol–water partition coefficient (Wildman–Crippen LogP) is 4.27. The lowest BCUT2D eigenvalue weighted by atomic mass is 10.1. The fourth-order valence-electron chi connectivity index (χ4n) is 2.53. The van der Waals surface area contributed by atoms with Gasteiger partial charge in [-0.25, -0.2) is 4.39 Å². The first-order valence-corrected chi connectivity index (χ1v) is 7.93. The molecule has 5 heteroatoms. The molecule has 1 aromatic carbocycles. The van der Waals surface area contributed by atoms with Crippen molar-refractivity contribution in [1.29, 1.82) is 0 Å². The van der Waals surface area contributed by atoms with Gasteiger partial charge in [0.25, 0.3) is 0 Å². The largest absolute Gasteiger partial charge is 0.334 e. The van der Waals surface area contributed by atoms with Crippen LogP contribution in [0.15, 0.2) is 27.7 Å². The van der Waals surface area contributed by atoms with Crippen molar-refractivity contribution in [1.82, 2.24) is 0 Å². The lowest BCUT2D eigenvalue weighted by Gasteiger charge is -2.23. The number of nitrogens with zero attached hydrogens (tertiary/aromatic N) is 1. The van der Waals surface area contributed by atoms with Crippen molar-refractivity contribution in [2.24, 2.45) is 10.9 Å². The highest BCUT2D eigenvalue weighted by molar-refractivity contribution is 9.10. The quantitative estimate of drug-likeness (QED) is 0.832. The Morgan fingerprint density at radius 3 is 3.17 bits per heavy atom. The first-order chi connectivity index (χ1) is 8.72. The summed E-state index contributed by atoms with van der Waals surface area (Å²) in [7, 11) is 0. The van der Waals surface area contributed by atoms with Crippen LogP contribution in [0.5, 0.6) is 0 Å². The van der Waals surface area contributed by atoms with E-state index in [0.29, 0.717) is 6.04 Å². The highest BCUT2D eigenvalue weighted by atomic mass is 79.9. The van der Waals surface area contributed by atoms with E-state index in [4.69, 9.17) is 4.99 Å². The number of amidine groups is 1. The Labute approximate surface area is 119 Å². The number of rotatable bonds is 1. The molecule has 2 unspecified atom stereocenters. The first-order valence-electron chi connectivity index (χ1n) is 6.15. The van der Waals surface area contributed by atoms with E-state index in [1.807, 2.05) is 0 Å². The van der Waals surface area contributed by atoms with Crippen molar-refractivity contribution >= 4 is 38.5 Å². The number of hydrogen-bond acceptors (Lipinski definition) is 3. The minimum Gasteiger partial charge on any atom is -0.334 e. The van der Waals surface area contributed by atoms with E-state index in [0.717, 1.165) is 27.0 Å². The first kappa shape index (κ1) is 12.5. The standard InChI is InChI=1S/C13H14BrFN2S/c14-10-5-4-9(15)6-12(10)17-13-16-11-3-1-2-8(11)7-18-13/h4-6,8,11H,1-3,7H2,(H,16,17). The Morgan fingerprint density at radius 2 is 2.28 bits per heavy atom. The number of thioether (sulfide) groups is 1. The third-order valence-corrected chi connectivity index (χ3v) is 5.27. The Morgan fingerprint density at radius 1 is 1.39 bits per heavy atom. The summed E-state index contributed by atoms with van der Waals surface area (Å²) < 4.78 is 14.1. The average Bonchev–Trinajstić information content (AvgIpc) is 2.81. The van der Waals surface area contributed by atoms with Crippen molar-refractivity contribution in [2.45, 2.75) is 25.3 Å². The number of benzene rings is 1. The van der Waals surface area contributed by atoms with Gasteiger partial charge in [0.1, 0.15) is 5.82 Å². The Balaban J connectivity index is 1.78. The van der Waals surface area contributed by atoms with Gasteiger partial charge in [0.15, 0.2) is 5.17 Å². The molecule has 1 N–H and O–H groups in total. The van der Waals surface area contributed by atoms with Crippen LogP contribution in [0.3, 0.4) is 0 Å². The van der Waals surface area contributed by atoms with Crippen molar-refractivity contribution in [3.8, 4) is 0 Å². The molecular formula is C13H14BrFN2S. The predicted molar refractivity (Wildman–Crippen MR) is 78.7 cm³/mol. The minimum absolute atomic E-state index is 0.235. The molecule has 18 heavy (non-hydrogen) atoms. The minimum atomic E-state index is -0.235. The van der Waals surface area contributed by atoms with Gasteiger partial charge in [-0.15, -0.1) is 0 Å². The van der Waals surface area contributed by atoms with Gasteiger partial charge in [0, 0.05) is 10.2 Å². The summed E-state index contributed by atoms with van der Waals surface area (Å²) >= 11 is 5.16. The summed E-state index contributed by atoms with van der Waals surface area (Å²) in [6, 6.07) is 5.12. The highest BCUT2D eigenvalue weighted by Crippen LogP contribution is 2.36. The SMILES string of the molecule is Fc1ccc(Br)c(NC2=NC3CCCC3CS2)c1. The fraction of sp³-hybridized carbons (Fsp3) is 0.462. The van der Waals surface area contributed by atoms with Gasteiger partial charge in [0.2, 0.25) is 0 Å². The number of fused-ring (bicyclic) bond motifs is 1. The number of nitrogens with one attached hydrogen (secondary N) is 1. The second-order valence-corrected chi connectivity index (χ2v) is 6.62. The molecule has 0 saturated heterocycles. The molecule has 1 heterocycles. The van der Waals surface area contributed by atoms with Gasteiger partial charge in [-0.3, -0.25) is 4.99 Å². The van der Waals surface area contributed by atoms with Gasteiger partial charge in [-0.2, -0.15) is 0 Å². The molecule has 3 rings (SSSR count). The summed E-state index contributed by atoms with van der Waals surface area (Å²) in [6.07, 6.45) is 3.79. The maximum atomic E-state index is 13.2. The van der Waals surface area contributed by atoms with Crippen LogP contribution in [0.25, 0.3) is 0 Å². The Hall–Kier alpha value is -0.550. The van der Waals surface area contributed by atoms with Crippen molar-refractivity contribution in [3.63, 3.8) is 0 Å². The monoisotopic (exact) mass is 328 g/mol. The maximum absolute atomic E-state index is 13.2. The Bertz CT molecular complexity index is 492. The molecule has 2 aliphatic rings. The molecule has 0 radical (unpaired) electrons. The Kier molecular flexibility index (Phi) is 3.61. The van der Waals surface area contributed by atoms with Crippen LogP contribution in [0.2, 0.25) is 0 Å². The van der Waals surface area contributed by atoms with Gasteiger partial charge < -0.3 is 5.32 Å². The van der Waals surface area contributed by atoms with Crippen LogP contribution in [-0.2, 0) is 0 Å². The van der Waals surface area contributed by atoms with Crippen LogP contribution in [0.4, 0.5) is 10.1 Å². The molecule has 1 aliphatic carbocycles. The zero-order valence-corrected chi connectivity index (χ0v) is 12.2. The maximum Gasteiger partial charge on any atom is 0.161 e. The summed E-state index contributed by atoms with van der Waals surface area (Å²) in [5.41, 5.74) is 0.748. The fourth-order valence-corrected chi connectivity index (χ4v) is 4.03. The van der Waals surface area contributed by atoms with E-state index in [-0.39, 0.29) is 5.82 Å². The second-order valence-electron chi connectivity index (χ2n) is 4.75. The molecule has 96 valence electrons. The third kappa shape index (κ3) is 2.57. The molecule has 1 saturated carbocycles. The van der Waals surface area contributed by atoms with Gasteiger partial charge in [0.05, 0.1) is 11.7 Å². The average molecular weight is 329 g/mol. The zero-order chi connectivity index (χ0) is 12.5. The number of aliphatic imine (C=N–C) groups is 1. The molecule has 1 fully saturated rings. The van der Waals surface area contributed by atoms with Gasteiger partial charge >= 0.3 is 0 Å². The molecule has 1 aromatic rings. The van der Waals surface area contributed by atoms with Crippen molar-refractivity contribution in [2.75, 3.05) is 11.1 Å². The highest BCUT2D eigenvalue weighted by Gasteiger charge is 2.31. The van der Waals surface area contributed by atoms with Crippen LogP contribution < -0.4 is 5.32 Å². The summed E-state index contributed by atoms with van der Waals surface area (Å²) in [6.45, 7) is 0. The van der Waals surface area contributed by atoms with E-state index in [1.54, 1.807) is 17.8 Å². The molecule has 2 atom stereocenters. The molecule has 0 spiro atoms. The second kappa shape index (κ2) is 5.21. The third-order valence-electron chi connectivity index (χ3n) is 3.51. The lowest BCUT2D eigenvalue weighted by molar-refractivity contribution is 0.535. The smallest absolute Gasteiger partial charge is 0.161 e. The van der Waals surface area contributed by atoms with Crippen LogP contribution in [0, 0.1) is 11.7 Å². The molecule has 0 bridgehead atoms. The molecule has 2 nitrogen and oxygen atoms in total. The normalized spacial score (nSPS) is 26.7. The van der Waals surface area contributed by atoms with E-state index in [9.17, 15) is 4.39 Å². The number of halogens is 2. The van der Waals surface area contributed by atoms with Crippen LogP contribution in [0.1, 0.15) is 19.3 Å². The van der Waals surface area contributed by atoms with Crippen molar-refractivity contribution in [3.05, 3.63) is 28.5 Å².